The fourth-order valence-corrected chi connectivity index (χ4v) is 2.38. The zero-order valence-electron chi connectivity index (χ0n) is 13.5. The van der Waals surface area contributed by atoms with Gasteiger partial charge in [0.1, 0.15) is 13.2 Å². The van der Waals surface area contributed by atoms with Crippen molar-refractivity contribution >= 4 is 17.5 Å². The predicted molar refractivity (Wildman–Crippen MR) is 89.8 cm³/mol. The number of amides is 2. The van der Waals surface area contributed by atoms with Crippen LogP contribution in [-0.4, -0.2) is 44.0 Å². The molecule has 0 bridgehead atoms. The van der Waals surface area contributed by atoms with Gasteiger partial charge in [-0.2, -0.15) is 0 Å². The number of hydrogen-bond donors (Lipinski definition) is 1. The number of benzene rings is 2. The van der Waals surface area contributed by atoms with Crippen LogP contribution in [0.2, 0.25) is 0 Å². The van der Waals surface area contributed by atoms with Crippen molar-refractivity contribution in [3.8, 4) is 11.5 Å². The second-order valence-electron chi connectivity index (χ2n) is 5.59. The molecule has 1 aliphatic rings. The summed E-state index contributed by atoms with van der Waals surface area (Å²) in [6.07, 6.45) is 0. The molecular weight excluding hydrogens is 308 g/mol. The van der Waals surface area contributed by atoms with Gasteiger partial charge in [0, 0.05) is 30.9 Å². The van der Waals surface area contributed by atoms with Gasteiger partial charge in [0.05, 0.1) is 0 Å². The molecule has 0 aliphatic carbocycles. The van der Waals surface area contributed by atoms with Crippen molar-refractivity contribution in [1.82, 2.24) is 4.90 Å². The van der Waals surface area contributed by atoms with Gasteiger partial charge in [-0.1, -0.05) is 6.07 Å². The number of ether oxygens (including phenoxy) is 2. The van der Waals surface area contributed by atoms with E-state index in [1.807, 2.05) is 0 Å². The molecule has 24 heavy (non-hydrogen) atoms. The van der Waals surface area contributed by atoms with Crippen molar-refractivity contribution in [2.75, 3.05) is 32.6 Å². The van der Waals surface area contributed by atoms with Crippen LogP contribution in [0.25, 0.3) is 0 Å². The molecule has 3 rings (SSSR count). The van der Waals surface area contributed by atoms with E-state index >= 15 is 0 Å². The smallest absolute Gasteiger partial charge is 0.255 e. The Bertz CT molecular complexity index is 786. The van der Waals surface area contributed by atoms with Crippen molar-refractivity contribution in [1.29, 1.82) is 0 Å². The first-order valence-electron chi connectivity index (χ1n) is 7.57. The zero-order chi connectivity index (χ0) is 17.1. The minimum atomic E-state index is -0.276. The van der Waals surface area contributed by atoms with Gasteiger partial charge in [-0.25, -0.2) is 0 Å². The number of anilines is 1. The van der Waals surface area contributed by atoms with Gasteiger partial charge in [-0.15, -0.1) is 0 Å². The van der Waals surface area contributed by atoms with Crippen molar-refractivity contribution < 1.29 is 19.1 Å². The Morgan fingerprint density at radius 2 is 1.71 bits per heavy atom. The van der Waals surface area contributed by atoms with Crippen molar-refractivity contribution in [3.05, 3.63) is 53.6 Å². The third-order valence-corrected chi connectivity index (χ3v) is 3.58. The van der Waals surface area contributed by atoms with Gasteiger partial charge in [0.25, 0.3) is 11.8 Å². The molecule has 124 valence electrons. The second-order valence-corrected chi connectivity index (χ2v) is 5.59. The van der Waals surface area contributed by atoms with E-state index in [-0.39, 0.29) is 11.8 Å². The maximum Gasteiger partial charge on any atom is 0.255 e. The molecule has 0 aromatic heterocycles. The average Bonchev–Trinajstić information content (AvgIpc) is 2.60. The van der Waals surface area contributed by atoms with Crippen LogP contribution in [0.1, 0.15) is 20.7 Å². The van der Waals surface area contributed by atoms with Crippen LogP contribution in [-0.2, 0) is 0 Å². The maximum atomic E-state index is 12.4. The van der Waals surface area contributed by atoms with Crippen LogP contribution in [0.15, 0.2) is 42.5 Å². The SMILES string of the molecule is CN(C)C(=O)c1cccc(NC(=O)c2ccc3c(c2)OCCO3)c1. The Labute approximate surface area is 140 Å². The van der Waals surface area contributed by atoms with E-state index in [1.54, 1.807) is 56.6 Å². The van der Waals surface area contributed by atoms with Crippen LogP contribution in [0.4, 0.5) is 5.69 Å². The maximum absolute atomic E-state index is 12.4. The molecule has 1 aliphatic heterocycles. The van der Waals surface area contributed by atoms with Crippen LogP contribution in [0.3, 0.4) is 0 Å². The number of hydrogen-bond acceptors (Lipinski definition) is 4. The zero-order valence-corrected chi connectivity index (χ0v) is 13.5. The topological polar surface area (TPSA) is 67.9 Å². The Hall–Kier alpha value is -3.02. The molecule has 1 heterocycles. The molecule has 0 atom stereocenters. The first-order valence-corrected chi connectivity index (χ1v) is 7.57. The lowest BCUT2D eigenvalue weighted by Crippen LogP contribution is -2.22. The van der Waals surface area contributed by atoms with E-state index in [1.165, 1.54) is 4.90 Å². The Balaban J connectivity index is 1.77. The minimum Gasteiger partial charge on any atom is -0.486 e. The number of nitrogens with zero attached hydrogens (tertiary/aromatic N) is 1. The van der Waals surface area contributed by atoms with Gasteiger partial charge in [0.15, 0.2) is 11.5 Å². The lowest BCUT2D eigenvalue weighted by Gasteiger charge is -2.18. The number of fused-ring (bicyclic) bond motifs is 1. The van der Waals surface area contributed by atoms with Gasteiger partial charge in [-0.05, 0) is 36.4 Å². The summed E-state index contributed by atoms with van der Waals surface area (Å²) in [5.74, 6) is 0.800. The summed E-state index contributed by atoms with van der Waals surface area (Å²) in [6, 6.07) is 11.9. The lowest BCUT2D eigenvalue weighted by atomic mass is 10.1. The summed E-state index contributed by atoms with van der Waals surface area (Å²) < 4.78 is 10.9. The van der Waals surface area contributed by atoms with Crippen LogP contribution >= 0.6 is 0 Å². The third-order valence-electron chi connectivity index (χ3n) is 3.58. The highest BCUT2D eigenvalue weighted by molar-refractivity contribution is 6.05. The lowest BCUT2D eigenvalue weighted by molar-refractivity contribution is 0.0827. The molecule has 0 radical (unpaired) electrons. The second kappa shape index (κ2) is 6.62. The molecule has 0 saturated carbocycles. The number of nitrogens with one attached hydrogen (secondary N) is 1. The largest absolute Gasteiger partial charge is 0.486 e. The summed E-state index contributed by atoms with van der Waals surface area (Å²) in [7, 11) is 3.37. The quantitative estimate of drug-likeness (QED) is 0.940. The van der Waals surface area contributed by atoms with E-state index in [2.05, 4.69) is 5.32 Å². The molecule has 6 nitrogen and oxygen atoms in total. The molecule has 0 spiro atoms. The van der Waals surface area contributed by atoms with E-state index in [9.17, 15) is 9.59 Å². The predicted octanol–water partition coefficient (Wildman–Crippen LogP) is 2.41. The van der Waals surface area contributed by atoms with Crippen LogP contribution < -0.4 is 14.8 Å². The molecule has 2 amide bonds. The average molecular weight is 326 g/mol. The normalized spacial score (nSPS) is 12.4. The molecular formula is C18H18N2O4. The first kappa shape index (κ1) is 15.9. The summed E-state index contributed by atoms with van der Waals surface area (Å²) in [6.45, 7) is 0.970. The van der Waals surface area contributed by atoms with Gasteiger partial charge in [-0.3, -0.25) is 9.59 Å². The standard InChI is InChI=1S/C18H18N2O4/c1-20(2)18(22)13-4-3-5-14(10-13)19-17(21)12-6-7-15-16(11-12)24-9-8-23-15/h3-7,10-11H,8-9H2,1-2H3,(H,19,21). The van der Waals surface area contributed by atoms with E-state index in [4.69, 9.17) is 9.47 Å². The van der Waals surface area contributed by atoms with E-state index in [0.717, 1.165) is 0 Å². The highest BCUT2D eigenvalue weighted by Gasteiger charge is 2.15. The first-order chi connectivity index (χ1) is 11.5. The molecule has 1 N–H and O–H groups in total. The summed E-state index contributed by atoms with van der Waals surface area (Å²) in [4.78, 5) is 25.9. The Morgan fingerprint density at radius 1 is 0.958 bits per heavy atom. The molecule has 2 aromatic rings. The Morgan fingerprint density at radius 3 is 2.46 bits per heavy atom. The minimum absolute atomic E-state index is 0.120. The molecule has 0 fully saturated rings. The summed E-state index contributed by atoms with van der Waals surface area (Å²) >= 11 is 0. The molecule has 0 unspecified atom stereocenters. The van der Waals surface area contributed by atoms with Gasteiger partial charge in [0.2, 0.25) is 0 Å². The van der Waals surface area contributed by atoms with Gasteiger partial charge >= 0.3 is 0 Å². The van der Waals surface area contributed by atoms with Crippen molar-refractivity contribution in [3.63, 3.8) is 0 Å². The molecule has 6 heteroatoms. The summed E-state index contributed by atoms with van der Waals surface area (Å²) in [5.41, 5.74) is 1.53. The number of rotatable bonds is 3. The summed E-state index contributed by atoms with van der Waals surface area (Å²) in [5, 5.41) is 2.79. The van der Waals surface area contributed by atoms with Crippen molar-refractivity contribution in [2.45, 2.75) is 0 Å². The third kappa shape index (κ3) is 3.32. The van der Waals surface area contributed by atoms with E-state index < -0.39 is 0 Å². The van der Waals surface area contributed by atoms with Crippen LogP contribution in [0.5, 0.6) is 11.5 Å². The van der Waals surface area contributed by atoms with E-state index in [0.29, 0.717) is 41.5 Å². The Kier molecular flexibility index (Phi) is 4.37. The fraction of sp³-hybridized carbons (Fsp3) is 0.222. The highest BCUT2D eigenvalue weighted by atomic mass is 16.6. The van der Waals surface area contributed by atoms with Gasteiger partial charge < -0.3 is 19.7 Å². The number of carbonyl (C=O) groups excluding carboxylic acids is 2. The molecule has 2 aromatic carbocycles. The van der Waals surface area contributed by atoms with Crippen LogP contribution in [0, 0.1) is 0 Å². The van der Waals surface area contributed by atoms with Crippen molar-refractivity contribution in [2.24, 2.45) is 0 Å². The highest BCUT2D eigenvalue weighted by Crippen LogP contribution is 2.31. The number of carbonyl (C=O) groups is 2. The monoisotopic (exact) mass is 326 g/mol. The molecule has 0 saturated heterocycles. The fourth-order valence-electron chi connectivity index (χ4n) is 2.38.